The molecular formula is C24H33ClFN3O2. The minimum Gasteiger partial charge on any atom is -0.494 e. The average molecular weight is 450 g/mol. The van der Waals surface area contributed by atoms with Gasteiger partial charge >= 0.3 is 0 Å². The summed E-state index contributed by atoms with van der Waals surface area (Å²) in [7, 11) is 0. The second kappa shape index (κ2) is 10.7. The summed E-state index contributed by atoms with van der Waals surface area (Å²) >= 11 is 5.88. The van der Waals surface area contributed by atoms with Crippen LogP contribution in [0.25, 0.3) is 0 Å². The van der Waals surface area contributed by atoms with Gasteiger partial charge in [-0.1, -0.05) is 29.8 Å². The summed E-state index contributed by atoms with van der Waals surface area (Å²) in [5.41, 5.74) is 6.05. The molecule has 2 aromatic carbocycles. The van der Waals surface area contributed by atoms with Crippen molar-refractivity contribution < 1.29 is 14.2 Å². The number of nitrogens with two attached hydrogens (primary N) is 1. The number of ether oxygens (including phenoxy) is 1. The predicted molar refractivity (Wildman–Crippen MR) is 123 cm³/mol. The minimum absolute atomic E-state index is 0.0130. The maximum Gasteiger partial charge on any atom is 0.141 e. The molecule has 0 saturated carbocycles. The van der Waals surface area contributed by atoms with Crippen molar-refractivity contribution in [2.75, 3.05) is 26.2 Å². The Morgan fingerprint density at radius 1 is 1.26 bits per heavy atom. The van der Waals surface area contributed by atoms with Crippen LogP contribution in [-0.4, -0.2) is 42.3 Å². The van der Waals surface area contributed by atoms with Crippen molar-refractivity contribution in [1.29, 1.82) is 0 Å². The van der Waals surface area contributed by atoms with Gasteiger partial charge in [0.2, 0.25) is 0 Å². The van der Waals surface area contributed by atoms with Crippen LogP contribution in [-0.2, 0) is 5.72 Å². The number of piperidine rings is 1. The number of rotatable bonds is 9. The fraction of sp³-hybridized carbons (Fsp3) is 0.500. The largest absolute Gasteiger partial charge is 0.494 e. The number of nitrogens with one attached hydrogen (secondary N) is 1. The maximum absolute atomic E-state index is 13.4. The Hall–Kier alpha value is -1.70. The van der Waals surface area contributed by atoms with Crippen LogP contribution in [0.1, 0.15) is 50.3 Å². The van der Waals surface area contributed by atoms with E-state index < -0.39 is 11.5 Å². The van der Waals surface area contributed by atoms with Gasteiger partial charge in [0, 0.05) is 25.2 Å². The van der Waals surface area contributed by atoms with Crippen LogP contribution in [0.15, 0.2) is 42.5 Å². The normalized spacial score (nSPS) is 18.5. The number of hydrogen-bond donors (Lipinski definition) is 3. The van der Waals surface area contributed by atoms with E-state index in [0.717, 1.165) is 38.1 Å². The Kier molecular flexibility index (Phi) is 8.30. The molecule has 1 aliphatic rings. The highest BCUT2D eigenvalue weighted by Gasteiger charge is 2.30. The van der Waals surface area contributed by atoms with E-state index in [1.54, 1.807) is 13.0 Å². The van der Waals surface area contributed by atoms with E-state index in [4.69, 9.17) is 22.1 Å². The Morgan fingerprint density at radius 3 is 2.55 bits per heavy atom. The zero-order chi connectivity index (χ0) is 22.4. The van der Waals surface area contributed by atoms with E-state index >= 15 is 0 Å². The molecule has 170 valence electrons. The molecule has 31 heavy (non-hydrogen) atoms. The second-order valence-electron chi connectivity index (χ2n) is 8.39. The van der Waals surface area contributed by atoms with Crippen LogP contribution in [0.5, 0.6) is 5.75 Å². The topological polar surface area (TPSA) is 70.8 Å². The third-order valence-electron chi connectivity index (χ3n) is 6.02. The summed E-state index contributed by atoms with van der Waals surface area (Å²) in [5.74, 6) is 0.383. The molecule has 4 N–H and O–H groups in total. The first-order valence-electron chi connectivity index (χ1n) is 10.9. The lowest BCUT2D eigenvalue weighted by Crippen LogP contribution is -2.50. The van der Waals surface area contributed by atoms with Gasteiger partial charge in [-0.25, -0.2) is 4.39 Å². The second-order valence-corrected chi connectivity index (χ2v) is 8.80. The molecule has 5 nitrogen and oxygen atoms in total. The third-order valence-corrected chi connectivity index (χ3v) is 6.31. The van der Waals surface area contributed by atoms with E-state index in [1.807, 2.05) is 12.1 Å². The maximum atomic E-state index is 13.4. The SMILES string of the molecule is CC(c1ccc(OCCCN)cc1)N1CCC(NC(C)(O)c2ccc(F)c(Cl)c2)CC1. The van der Waals surface area contributed by atoms with Gasteiger partial charge < -0.3 is 15.6 Å². The van der Waals surface area contributed by atoms with Crippen LogP contribution in [0, 0.1) is 5.82 Å². The molecule has 2 aromatic rings. The lowest BCUT2D eigenvalue weighted by atomic mass is 9.97. The van der Waals surface area contributed by atoms with Crippen LogP contribution in [0.4, 0.5) is 4.39 Å². The van der Waals surface area contributed by atoms with E-state index in [2.05, 4.69) is 29.3 Å². The minimum atomic E-state index is -1.27. The number of halogens is 2. The van der Waals surface area contributed by atoms with Crippen LogP contribution in [0.2, 0.25) is 5.02 Å². The van der Waals surface area contributed by atoms with Gasteiger partial charge in [0.1, 0.15) is 17.3 Å². The van der Waals surface area contributed by atoms with E-state index in [1.165, 1.54) is 17.7 Å². The summed E-state index contributed by atoms with van der Waals surface area (Å²) < 4.78 is 19.1. The van der Waals surface area contributed by atoms with Gasteiger partial charge in [0.15, 0.2) is 0 Å². The van der Waals surface area contributed by atoms with Gasteiger partial charge in [0.05, 0.1) is 11.6 Å². The summed E-state index contributed by atoms with van der Waals surface area (Å²) in [6.07, 6.45) is 2.67. The third kappa shape index (κ3) is 6.40. The summed E-state index contributed by atoms with van der Waals surface area (Å²) in [6.45, 7) is 7.02. The van der Waals surface area contributed by atoms with Crippen molar-refractivity contribution in [3.63, 3.8) is 0 Å². The number of likely N-dealkylation sites (tertiary alicyclic amines) is 1. The summed E-state index contributed by atoms with van der Waals surface area (Å²) in [4.78, 5) is 2.45. The quantitative estimate of drug-likeness (QED) is 0.395. The Morgan fingerprint density at radius 2 is 1.94 bits per heavy atom. The monoisotopic (exact) mass is 449 g/mol. The van der Waals surface area contributed by atoms with Gasteiger partial charge in [-0.15, -0.1) is 0 Å². The van der Waals surface area contributed by atoms with Gasteiger partial charge in [-0.2, -0.15) is 0 Å². The highest BCUT2D eigenvalue weighted by molar-refractivity contribution is 6.30. The molecule has 0 aromatic heterocycles. The summed E-state index contributed by atoms with van der Waals surface area (Å²) in [6, 6.07) is 13.1. The number of nitrogens with zero attached hydrogens (tertiary/aromatic N) is 1. The van der Waals surface area contributed by atoms with Gasteiger partial charge in [0.25, 0.3) is 0 Å². The van der Waals surface area contributed by atoms with Crippen molar-refractivity contribution in [3.8, 4) is 5.75 Å². The Bertz CT molecular complexity index is 839. The fourth-order valence-corrected chi connectivity index (χ4v) is 4.22. The molecule has 1 fully saturated rings. The van der Waals surface area contributed by atoms with Crippen molar-refractivity contribution in [2.45, 2.75) is 50.9 Å². The molecule has 7 heteroatoms. The van der Waals surface area contributed by atoms with Crippen LogP contribution >= 0.6 is 11.6 Å². The summed E-state index contributed by atoms with van der Waals surface area (Å²) in [5, 5.41) is 14.2. The van der Waals surface area contributed by atoms with E-state index in [9.17, 15) is 9.50 Å². The predicted octanol–water partition coefficient (Wildman–Crippen LogP) is 4.19. The highest BCUT2D eigenvalue weighted by atomic mass is 35.5. The first-order valence-corrected chi connectivity index (χ1v) is 11.3. The number of aliphatic hydroxyl groups is 1. The molecule has 0 bridgehead atoms. The molecule has 1 saturated heterocycles. The lowest BCUT2D eigenvalue weighted by molar-refractivity contribution is -0.00356. The van der Waals surface area contributed by atoms with E-state index in [-0.39, 0.29) is 11.1 Å². The molecule has 1 heterocycles. The molecule has 0 radical (unpaired) electrons. The highest BCUT2D eigenvalue weighted by Crippen LogP contribution is 2.28. The van der Waals surface area contributed by atoms with Crippen molar-refractivity contribution in [1.82, 2.24) is 10.2 Å². The number of benzene rings is 2. The molecule has 0 aliphatic carbocycles. The van der Waals surface area contributed by atoms with E-state index in [0.29, 0.717) is 24.8 Å². The number of hydrogen-bond acceptors (Lipinski definition) is 5. The molecule has 2 unspecified atom stereocenters. The molecular weight excluding hydrogens is 417 g/mol. The molecule has 0 amide bonds. The first-order chi connectivity index (χ1) is 14.8. The average Bonchev–Trinajstić information content (AvgIpc) is 2.76. The van der Waals surface area contributed by atoms with Crippen LogP contribution in [0.3, 0.4) is 0 Å². The van der Waals surface area contributed by atoms with Gasteiger partial charge in [-0.05, 0) is 75.0 Å². The zero-order valence-electron chi connectivity index (χ0n) is 18.3. The molecule has 2 atom stereocenters. The molecule has 1 aliphatic heterocycles. The van der Waals surface area contributed by atoms with Crippen molar-refractivity contribution in [3.05, 3.63) is 64.4 Å². The standard InChI is InChI=1S/C24H33ClFN3O2/c1-17(18-4-7-21(8-5-18)31-15-3-12-27)29-13-10-20(11-14-29)28-24(2,30)19-6-9-23(26)22(25)16-19/h4-9,16-17,20,28,30H,3,10-15,27H2,1-2H3. The molecule has 0 spiro atoms. The van der Waals surface area contributed by atoms with Crippen molar-refractivity contribution in [2.24, 2.45) is 5.73 Å². The smallest absolute Gasteiger partial charge is 0.141 e. The zero-order valence-corrected chi connectivity index (χ0v) is 19.0. The lowest BCUT2D eigenvalue weighted by Gasteiger charge is -2.39. The molecule has 3 rings (SSSR count). The van der Waals surface area contributed by atoms with Gasteiger partial charge in [-0.3, -0.25) is 10.2 Å². The van der Waals surface area contributed by atoms with Crippen molar-refractivity contribution >= 4 is 11.6 Å². The Labute approximate surface area is 189 Å². The van der Waals surface area contributed by atoms with Crippen LogP contribution < -0.4 is 15.8 Å². The Balaban J connectivity index is 1.52. The fourth-order valence-electron chi connectivity index (χ4n) is 4.04. The first kappa shape index (κ1) is 24.0.